The lowest BCUT2D eigenvalue weighted by atomic mass is 10.1. The summed E-state index contributed by atoms with van der Waals surface area (Å²) in [6, 6.07) is 3.77. The Balaban J connectivity index is 1.84. The van der Waals surface area contributed by atoms with Gasteiger partial charge in [-0.1, -0.05) is 18.2 Å². The zero-order valence-electron chi connectivity index (χ0n) is 10.1. The predicted molar refractivity (Wildman–Crippen MR) is 75.1 cm³/mol. The van der Waals surface area contributed by atoms with Crippen molar-refractivity contribution in [3.05, 3.63) is 65.7 Å². The van der Waals surface area contributed by atoms with Crippen molar-refractivity contribution in [1.29, 1.82) is 0 Å². The number of halogens is 2. The summed E-state index contributed by atoms with van der Waals surface area (Å²) in [6.45, 7) is 0.339. The molecule has 0 spiro atoms. The highest BCUT2D eigenvalue weighted by atomic mass is 32.1. The molecule has 0 atom stereocenters. The van der Waals surface area contributed by atoms with Crippen LogP contribution in [0.3, 0.4) is 0 Å². The smallest absolute Gasteiger partial charge is 0.171 e. The van der Waals surface area contributed by atoms with Gasteiger partial charge in [-0.05, 0) is 48.8 Å². The van der Waals surface area contributed by atoms with Crippen molar-refractivity contribution in [3.63, 3.8) is 0 Å². The van der Waals surface area contributed by atoms with Crippen molar-refractivity contribution in [3.8, 4) is 0 Å². The summed E-state index contributed by atoms with van der Waals surface area (Å²) in [5.41, 5.74) is 1.55. The Morgan fingerprint density at radius 2 is 2.11 bits per heavy atom. The second kappa shape index (κ2) is 6.43. The van der Waals surface area contributed by atoms with Crippen molar-refractivity contribution < 1.29 is 8.78 Å². The Morgan fingerprint density at radius 3 is 2.79 bits per heavy atom. The van der Waals surface area contributed by atoms with E-state index in [1.807, 2.05) is 24.6 Å². The Bertz CT molecular complexity index is 538. The topological polar surface area (TPSA) is 24.1 Å². The van der Waals surface area contributed by atoms with E-state index in [9.17, 15) is 8.78 Å². The molecule has 2 N–H and O–H groups in total. The number of benzene rings is 1. The quantitative estimate of drug-likeness (QED) is 0.832. The molecular formula is C14H13F2N2S. The molecular weight excluding hydrogens is 266 g/mol. The van der Waals surface area contributed by atoms with E-state index in [4.69, 9.17) is 12.2 Å². The molecule has 1 aliphatic rings. The minimum atomic E-state index is -0.855. The summed E-state index contributed by atoms with van der Waals surface area (Å²) in [5, 5.41) is 6.41. The highest BCUT2D eigenvalue weighted by Gasteiger charge is 2.04. The summed E-state index contributed by atoms with van der Waals surface area (Å²) in [6.07, 6.45) is 8.76. The zero-order chi connectivity index (χ0) is 13.7. The molecule has 5 heteroatoms. The Morgan fingerprint density at radius 1 is 1.26 bits per heavy atom. The third kappa shape index (κ3) is 4.13. The summed E-state index contributed by atoms with van der Waals surface area (Å²) in [7, 11) is 0. The van der Waals surface area contributed by atoms with E-state index in [-0.39, 0.29) is 0 Å². The van der Waals surface area contributed by atoms with Crippen LogP contribution in [-0.2, 0) is 6.54 Å². The van der Waals surface area contributed by atoms with E-state index in [1.165, 1.54) is 6.07 Å². The van der Waals surface area contributed by atoms with Gasteiger partial charge in [-0.15, -0.1) is 0 Å². The first-order valence-corrected chi connectivity index (χ1v) is 6.25. The SMILES string of the molecule is Fc1ccc(CNC(=S)NC2=CC[CH]C=C2)cc1F. The van der Waals surface area contributed by atoms with Crippen LogP contribution < -0.4 is 10.6 Å². The molecule has 0 saturated carbocycles. The zero-order valence-corrected chi connectivity index (χ0v) is 10.9. The molecule has 0 heterocycles. The molecule has 2 nitrogen and oxygen atoms in total. The number of thiocarbonyl (C=S) groups is 1. The van der Waals surface area contributed by atoms with E-state index in [0.717, 1.165) is 24.3 Å². The van der Waals surface area contributed by atoms with E-state index >= 15 is 0 Å². The van der Waals surface area contributed by atoms with Crippen molar-refractivity contribution in [2.24, 2.45) is 0 Å². The van der Waals surface area contributed by atoms with E-state index < -0.39 is 11.6 Å². The first kappa shape index (κ1) is 13.7. The molecule has 0 fully saturated rings. The maximum atomic E-state index is 13.0. The molecule has 99 valence electrons. The van der Waals surface area contributed by atoms with Crippen LogP contribution in [0.1, 0.15) is 12.0 Å². The van der Waals surface area contributed by atoms with Crippen LogP contribution in [0.5, 0.6) is 0 Å². The third-order valence-electron chi connectivity index (χ3n) is 2.58. The van der Waals surface area contributed by atoms with E-state index in [2.05, 4.69) is 10.6 Å². The number of hydrogen-bond donors (Lipinski definition) is 2. The van der Waals surface area contributed by atoms with Crippen molar-refractivity contribution in [2.45, 2.75) is 13.0 Å². The maximum Gasteiger partial charge on any atom is 0.171 e. The highest BCUT2D eigenvalue weighted by Crippen LogP contribution is 2.08. The molecule has 1 aromatic carbocycles. The van der Waals surface area contributed by atoms with E-state index in [1.54, 1.807) is 0 Å². The van der Waals surface area contributed by atoms with Crippen LogP contribution in [-0.4, -0.2) is 5.11 Å². The van der Waals surface area contributed by atoms with Crippen molar-refractivity contribution in [2.75, 3.05) is 0 Å². The lowest BCUT2D eigenvalue weighted by Crippen LogP contribution is -2.34. The lowest BCUT2D eigenvalue weighted by molar-refractivity contribution is 0.507. The van der Waals surface area contributed by atoms with Gasteiger partial charge in [-0.3, -0.25) is 0 Å². The normalized spacial score (nSPS) is 13.9. The van der Waals surface area contributed by atoms with Crippen LogP contribution in [0.4, 0.5) is 8.78 Å². The standard InChI is InChI=1S/C14H13F2N2S/c15-12-7-6-10(8-13(12)16)9-17-14(19)18-11-4-2-1-3-5-11/h1-2,4-8H,3,9H2,(H2,17,18,19). The average molecular weight is 279 g/mol. The number of nitrogens with one attached hydrogen (secondary N) is 2. The minimum Gasteiger partial charge on any atom is -0.358 e. The highest BCUT2D eigenvalue weighted by molar-refractivity contribution is 7.80. The Kier molecular flexibility index (Phi) is 4.63. The molecule has 0 saturated heterocycles. The largest absolute Gasteiger partial charge is 0.358 e. The number of allylic oxidation sites excluding steroid dienone is 3. The second-order valence-corrected chi connectivity index (χ2v) is 4.45. The second-order valence-electron chi connectivity index (χ2n) is 4.05. The van der Waals surface area contributed by atoms with Crippen LogP contribution in [0.25, 0.3) is 0 Å². The number of hydrogen-bond acceptors (Lipinski definition) is 1. The van der Waals surface area contributed by atoms with Gasteiger partial charge < -0.3 is 10.6 Å². The molecule has 1 aliphatic carbocycles. The molecule has 0 aromatic heterocycles. The lowest BCUT2D eigenvalue weighted by Gasteiger charge is -2.13. The van der Waals surface area contributed by atoms with Gasteiger partial charge in [-0.25, -0.2) is 8.78 Å². The van der Waals surface area contributed by atoms with E-state index in [0.29, 0.717) is 17.2 Å². The van der Waals surface area contributed by atoms with Gasteiger partial charge in [0.2, 0.25) is 0 Å². The van der Waals surface area contributed by atoms with Crippen LogP contribution in [0, 0.1) is 18.1 Å². The van der Waals surface area contributed by atoms with Gasteiger partial charge in [0.15, 0.2) is 16.7 Å². The fraction of sp³-hybridized carbons (Fsp3) is 0.143. The third-order valence-corrected chi connectivity index (χ3v) is 2.83. The molecule has 1 radical (unpaired) electrons. The van der Waals surface area contributed by atoms with Crippen LogP contribution in [0.2, 0.25) is 0 Å². The van der Waals surface area contributed by atoms with Gasteiger partial charge in [-0.2, -0.15) is 0 Å². The Hall–Kier alpha value is -1.75. The maximum absolute atomic E-state index is 13.0. The molecule has 2 rings (SSSR count). The summed E-state index contributed by atoms with van der Waals surface area (Å²) in [4.78, 5) is 0. The van der Waals surface area contributed by atoms with Crippen LogP contribution >= 0.6 is 12.2 Å². The van der Waals surface area contributed by atoms with Gasteiger partial charge >= 0.3 is 0 Å². The molecule has 0 aliphatic heterocycles. The molecule has 0 amide bonds. The van der Waals surface area contributed by atoms with Crippen LogP contribution in [0.15, 0.2) is 42.1 Å². The van der Waals surface area contributed by atoms with Gasteiger partial charge in [0.1, 0.15) is 0 Å². The predicted octanol–water partition coefficient (Wildman–Crippen LogP) is 2.98. The molecule has 19 heavy (non-hydrogen) atoms. The fourth-order valence-electron chi connectivity index (χ4n) is 1.61. The molecule has 0 bridgehead atoms. The molecule has 1 aromatic rings. The first-order chi connectivity index (χ1) is 9.15. The average Bonchev–Trinajstić information content (AvgIpc) is 2.41. The summed E-state index contributed by atoms with van der Waals surface area (Å²) in [5.74, 6) is -1.70. The van der Waals surface area contributed by atoms with Crippen molar-refractivity contribution >= 4 is 17.3 Å². The number of rotatable bonds is 3. The van der Waals surface area contributed by atoms with Crippen molar-refractivity contribution in [1.82, 2.24) is 10.6 Å². The van der Waals surface area contributed by atoms with Gasteiger partial charge in [0.25, 0.3) is 0 Å². The Labute approximate surface area is 116 Å². The monoisotopic (exact) mass is 279 g/mol. The van der Waals surface area contributed by atoms with Gasteiger partial charge in [0, 0.05) is 12.2 Å². The molecule has 0 unspecified atom stereocenters. The fourth-order valence-corrected chi connectivity index (χ4v) is 1.80. The first-order valence-electron chi connectivity index (χ1n) is 5.84. The minimum absolute atomic E-state index is 0.339. The van der Waals surface area contributed by atoms with Gasteiger partial charge in [0.05, 0.1) is 0 Å². The summed E-state index contributed by atoms with van der Waals surface area (Å²) < 4.78 is 25.8. The summed E-state index contributed by atoms with van der Waals surface area (Å²) >= 11 is 5.12.